The van der Waals surface area contributed by atoms with Crippen LogP contribution in [0.15, 0.2) is 16.5 Å². The molecule has 1 aromatic rings. The van der Waals surface area contributed by atoms with Crippen molar-refractivity contribution in [3.8, 4) is 0 Å². The minimum Gasteiger partial charge on any atom is -0.475 e. The molecule has 0 aliphatic carbocycles. The molecule has 0 radical (unpaired) electrons. The van der Waals surface area contributed by atoms with Crippen LogP contribution in [0.4, 0.5) is 0 Å². The maximum absolute atomic E-state index is 11.8. The molecule has 0 aliphatic rings. The van der Waals surface area contributed by atoms with Crippen LogP contribution in [-0.2, 0) is 16.1 Å². The first-order chi connectivity index (χ1) is 10.5. The Bertz CT molecular complexity index is 520. The summed E-state index contributed by atoms with van der Waals surface area (Å²) in [7, 11) is 0. The highest BCUT2D eigenvalue weighted by atomic mass is 16.4. The van der Waals surface area contributed by atoms with E-state index in [2.05, 4.69) is 5.32 Å². The first-order valence-electron chi connectivity index (χ1n) is 7.34. The molecule has 2 N–H and O–H groups in total. The van der Waals surface area contributed by atoms with Gasteiger partial charge in [-0.15, -0.1) is 0 Å². The highest BCUT2D eigenvalue weighted by molar-refractivity contribution is 5.84. The van der Waals surface area contributed by atoms with E-state index in [1.165, 1.54) is 12.1 Å². The van der Waals surface area contributed by atoms with Crippen molar-refractivity contribution in [1.29, 1.82) is 0 Å². The number of carboxylic acid groups (broad SMARTS) is 1. The number of aromatic carboxylic acids is 1. The van der Waals surface area contributed by atoms with Crippen LogP contribution >= 0.6 is 0 Å². The van der Waals surface area contributed by atoms with Crippen LogP contribution < -0.4 is 5.32 Å². The van der Waals surface area contributed by atoms with Crippen molar-refractivity contribution >= 4 is 17.8 Å². The summed E-state index contributed by atoms with van der Waals surface area (Å²) in [6.45, 7) is 5.32. The Labute approximate surface area is 129 Å². The Morgan fingerprint density at radius 2 is 1.86 bits per heavy atom. The molecule has 1 rings (SSSR count). The van der Waals surface area contributed by atoms with E-state index in [0.29, 0.717) is 31.7 Å². The van der Waals surface area contributed by atoms with Crippen LogP contribution in [0.2, 0.25) is 0 Å². The molecule has 0 unspecified atom stereocenters. The molecule has 0 aromatic carbocycles. The molecule has 1 aromatic heterocycles. The number of hydrogen-bond donors (Lipinski definition) is 2. The lowest BCUT2D eigenvalue weighted by molar-refractivity contribution is -0.131. The topological polar surface area (TPSA) is 99.9 Å². The van der Waals surface area contributed by atoms with Crippen molar-refractivity contribution in [3.05, 3.63) is 23.7 Å². The highest BCUT2D eigenvalue weighted by Crippen LogP contribution is 2.08. The van der Waals surface area contributed by atoms with Gasteiger partial charge in [0.05, 0.1) is 6.54 Å². The number of carbonyl (C=O) groups is 3. The van der Waals surface area contributed by atoms with Gasteiger partial charge in [0.1, 0.15) is 5.76 Å². The predicted octanol–water partition coefficient (Wildman–Crippen LogP) is 1.63. The number of carbonyl (C=O) groups excluding carboxylic acids is 2. The average molecular weight is 310 g/mol. The summed E-state index contributed by atoms with van der Waals surface area (Å²) in [4.78, 5) is 35.8. The zero-order valence-corrected chi connectivity index (χ0v) is 12.9. The molecule has 0 saturated heterocycles. The van der Waals surface area contributed by atoms with E-state index >= 15 is 0 Å². The Kier molecular flexibility index (Phi) is 7.15. The quantitative estimate of drug-likeness (QED) is 0.722. The highest BCUT2D eigenvalue weighted by Gasteiger charge is 2.12. The second-order valence-electron chi connectivity index (χ2n) is 4.77. The van der Waals surface area contributed by atoms with Gasteiger partial charge in [0.2, 0.25) is 17.6 Å². The van der Waals surface area contributed by atoms with Crippen molar-refractivity contribution < 1.29 is 23.9 Å². The van der Waals surface area contributed by atoms with E-state index in [1.807, 2.05) is 13.8 Å². The van der Waals surface area contributed by atoms with E-state index in [0.717, 1.165) is 0 Å². The van der Waals surface area contributed by atoms with E-state index in [4.69, 9.17) is 9.52 Å². The Hall–Kier alpha value is -2.31. The molecule has 1 heterocycles. The van der Waals surface area contributed by atoms with Gasteiger partial charge in [0, 0.05) is 25.9 Å². The van der Waals surface area contributed by atoms with Gasteiger partial charge in [-0.3, -0.25) is 9.59 Å². The molecule has 0 spiro atoms. The number of amides is 2. The third-order valence-electron chi connectivity index (χ3n) is 3.24. The standard InChI is InChI=1S/C15H22N2O5/c1-3-17(4-2)14(19)7-5-6-13(18)16-10-11-8-9-12(22-11)15(20)21/h8-9H,3-7,10H2,1-2H3,(H,16,18)(H,20,21). The van der Waals surface area contributed by atoms with Gasteiger partial charge in [-0.2, -0.15) is 0 Å². The largest absolute Gasteiger partial charge is 0.475 e. The fourth-order valence-electron chi connectivity index (χ4n) is 2.00. The molecule has 122 valence electrons. The van der Waals surface area contributed by atoms with Gasteiger partial charge in [0.25, 0.3) is 0 Å². The third kappa shape index (κ3) is 5.59. The lowest BCUT2D eigenvalue weighted by atomic mass is 10.2. The Morgan fingerprint density at radius 1 is 1.18 bits per heavy atom. The first kappa shape index (κ1) is 17.7. The smallest absolute Gasteiger partial charge is 0.371 e. The van der Waals surface area contributed by atoms with Crippen LogP contribution in [0.3, 0.4) is 0 Å². The molecule has 0 bridgehead atoms. The number of nitrogens with zero attached hydrogens (tertiary/aromatic N) is 1. The molecule has 0 fully saturated rings. The maximum atomic E-state index is 11.8. The minimum absolute atomic E-state index is 0.0509. The number of carboxylic acids is 1. The van der Waals surface area contributed by atoms with Crippen molar-refractivity contribution in [1.82, 2.24) is 10.2 Å². The average Bonchev–Trinajstić information content (AvgIpc) is 2.95. The Morgan fingerprint density at radius 3 is 2.41 bits per heavy atom. The van der Waals surface area contributed by atoms with Crippen LogP contribution in [0.25, 0.3) is 0 Å². The zero-order chi connectivity index (χ0) is 16.5. The molecule has 7 heteroatoms. The second-order valence-corrected chi connectivity index (χ2v) is 4.77. The van der Waals surface area contributed by atoms with Gasteiger partial charge < -0.3 is 19.7 Å². The van der Waals surface area contributed by atoms with Crippen LogP contribution in [0, 0.1) is 0 Å². The normalized spacial score (nSPS) is 10.3. The lowest BCUT2D eigenvalue weighted by Crippen LogP contribution is -2.30. The molecule has 0 aliphatic heterocycles. The van der Waals surface area contributed by atoms with E-state index < -0.39 is 5.97 Å². The summed E-state index contributed by atoms with van der Waals surface area (Å²) in [6, 6.07) is 2.85. The van der Waals surface area contributed by atoms with E-state index in [-0.39, 0.29) is 30.5 Å². The van der Waals surface area contributed by atoms with Crippen LogP contribution in [-0.4, -0.2) is 40.9 Å². The van der Waals surface area contributed by atoms with E-state index in [9.17, 15) is 14.4 Å². The SMILES string of the molecule is CCN(CC)C(=O)CCCC(=O)NCc1ccc(C(=O)O)o1. The molecule has 0 atom stereocenters. The summed E-state index contributed by atoms with van der Waals surface area (Å²) in [5.74, 6) is -1.07. The first-order valence-corrected chi connectivity index (χ1v) is 7.34. The Balaban J connectivity index is 2.26. The van der Waals surface area contributed by atoms with Crippen molar-refractivity contribution in [3.63, 3.8) is 0 Å². The number of rotatable bonds is 9. The number of nitrogens with one attached hydrogen (secondary N) is 1. The fourth-order valence-corrected chi connectivity index (χ4v) is 2.00. The summed E-state index contributed by atoms with van der Waals surface area (Å²) in [6.07, 6.45) is 1.08. The van der Waals surface area contributed by atoms with Gasteiger partial charge in [-0.25, -0.2) is 4.79 Å². The molecular formula is C15H22N2O5. The molecule has 7 nitrogen and oxygen atoms in total. The zero-order valence-electron chi connectivity index (χ0n) is 12.9. The van der Waals surface area contributed by atoms with Crippen molar-refractivity contribution in [2.75, 3.05) is 13.1 Å². The summed E-state index contributed by atoms with van der Waals surface area (Å²) in [5.41, 5.74) is 0. The summed E-state index contributed by atoms with van der Waals surface area (Å²) in [5, 5.41) is 11.3. The summed E-state index contributed by atoms with van der Waals surface area (Å²) < 4.78 is 5.02. The molecule has 2 amide bonds. The van der Waals surface area contributed by atoms with Crippen molar-refractivity contribution in [2.24, 2.45) is 0 Å². The number of furan rings is 1. The van der Waals surface area contributed by atoms with Crippen LogP contribution in [0.5, 0.6) is 0 Å². The van der Waals surface area contributed by atoms with Gasteiger partial charge >= 0.3 is 5.97 Å². The lowest BCUT2D eigenvalue weighted by Gasteiger charge is -2.18. The van der Waals surface area contributed by atoms with Crippen molar-refractivity contribution in [2.45, 2.75) is 39.7 Å². The third-order valence-corrected chi connectivity index (χ3v) is 3.24. The minimum atomic E-state index is -1.15. The van der Waals surface area contributed by atoms with Gasteiger partial charge in [-0.1, -0.05) is 0 Å². The molecule has 0 saturated carbocycles. The predicted molar refractivity (Wildman–Crippen MR) is 79.3 cm³/mol. The molecule has 22 heavy (non-hydrogen) atoms. The monoisotopic (exact) mass is 310 g/mol. The summed E-state index contributed by atoms with van der Waals surface area (Å²) >= 11 is 0. The maximum Gasteiger partial charge on any atom is 0.371 e. The van der Waals surface area contributed by atoms with E-state index in [1.54, 1.807) is 4.90 Å². The number of hydrogen-bond acceptors (Lipinski definition) is 4. The molecular weight excluding hydrogens is 288 g/mol. The van der Waals surface area contributed by atoms with Gasteiger partial charge in [-0.05, 0) is 32.4 Å². The fraction of sp³-hybridized carbons (Fsp3) is 0.533. The second kappa shape index (κ2) is 8.86. The van der Waals surface area contributed by atoms with Crippen LogP contribution in [0.1, 0.15) is 49.4 Å². The van der Waals surface area contributed by atoms with Gasteiger partial charge in [0.15, 0.2) is 0 Å².